The summed E-state index contributed by atoms with van der Waals surface area (Å²) in [6.07, 6.45) is 4.43. The van der Waals surface area contributed by atoms with Crippen molar-refractivity contribution in [1.29, 1.82) is 0 Å². The molecule has 1 fully saturated rings. The maximum atomic E-state index is 5.64. The zero-order valence-corrected chi connectivity index (χ0v) is 15.5. The summed E-state index contributed by atoms with van der Waals surface area (Å²) in [4.78, 5) is 4.94. The Morgan fingerprint density at radius 1 is 1.17 bits per heavy atom. The van der Waals surface area contributed by atoms with Crippen molar-refractivity contribution in [2.75, 3.05) is 32.8 Å². The quantitative estimate of drug-likeness (QED) is 0.457. The number of rotatable bonds is 7. The van der Waals surface area contributed by atoms with Crippen molar-refractivity contribution in [2.24, 2.45) is 4.99 Å². The van der Waals surface area contributed by atoms with Crippen molar-refractivity contribution in [2.45, 2.75) is 51.9 Å². The van der Waals surface area contributed by atoms with Crippen LogP contribution in [0.1, 0.15) is 50.7 Å². The first-order chi connectivity index (χ1) is 11.7. The highest BCUT2D eigenvalue weighted by atomic mass is 16.5. The molecule has 0 aliphatic carbocycles. The van der Waals surface area contributed by atoms with Crippen LogP contribution in [0.25, 0.3) is 0 Å². The Kier molecular flexibility index (Phi) is 7.57. The minimum atomic E-state index is 0.0939. The Balaban J connectivity index is 2.18. The van der Waals surface area contributed by atoms with Crippen LogP contribution in [0.3, 0.4) is 0 Å². The fraction of sp³-hybridized carbons (Fsp3) is 0.650. The van der Waals surface area contributed by atoms with Gasteiger partial charge in [-0.25, -0.2) is 0 Å². The molecule has 0 unspecified atom stereocenters. The Labute approximate surface area is 147 Å². The van der Waals surface area contributed by atoms with E-state index in [0.29, 0.717) is 0 Å². The fourth-order valence-electron chi connectivity index (χ4n) is 3.40. The number of ether oxygens (including phenoxy) is 1. The van der Waals surface area contributed by atoms with E-state index in [2.05, 4.69) is 55.7 Å². The summed E-state index contributed by atoms with van der Waals surface area (Å²) in [7, 11) is 0. The Bertz CT molecular complexity index is 521. The Hall–Kier alpha value is -1.55. The first-order valence-electron chi connectivity index (χ1n) is 9.38. The third-order valence-corrected chi connectivity index (χ3v) is 4.87. The van der Waals surface area contributed by atoms with Crippen LogP contribution in [0, 0.1) is 6.92 Å². The molecular formula is C20H33N3O. The second-order valence-corrected chi connectivity index (χ2v) is 6.68. The van der Waals surface area contributed by atoms with Gasteiger partial charge in [-0.1, -0.05) is 37.6 Å². The van der Waals surface area contributed by atoms with Gasteiger partial charge in [0.15, 0.2) is 5.96 Å². The maximum absolute atomic E-state index is 5.64. The van der Waals surface area contributed by atoms with Gasteiger partial charge >= 0.3 is 0 Å². The van der Waals surface area contributed by atoms with Gasteiger partial charge < -0.3 is 15.4 Å². The lowest BCUT2D eigenvalue weighted by Gasteiger charge is -2.37. The largest absolute Gasteiger partial charge is 0.381 e. The molecular weight excluding hydrogens is 298 g/mol. The van der Waals surface area contributed by atoms with Crippen molar-refractivity contribution >= 4 is 5.96 Å². The Morgan fingerprint density at radius 3 is 2.58 bits per heavy atom. The van der Waals surface area contributed by atoms with Gasteiger partial charge in [-0.2, -0.15) is 0 Å². The minimum Gasteiger partial charge on any atom is -0.381 e. The van der Waals surface area contributed by atoms with E-state index < -0.39 is 0 Å². The third kappa shape index (κ3) is 4.97. The maximum Gasteiger partial charge on any atom is 0.191 e. The van der Waals surface area contributed by atoms with Crippen molar-refractivity contribution in [3.63, 3.8) is 0 Å². The van der Waals surface area contributed by atoms with Crippen LogP contribution in [0.5, 0.6) is 0 Å². The predicted octanol–water partition coefficient (Wildman–Crippen LogP) is 3.40. The van der Waals surface area contributed by atoms with Gasteiger partial charge in [0.05, 0.1) is 6.54 Å². The molecule has 1 saturated heterocycles. The molecule has 0 saturated carbocycles. The summed E-state index contributed by atoms with van der Waals surface area (Å²) in [5, 5.41) is 6.82. The standard InChI is InChI=1S/C20H33N3O/c1-4-6-13-22-19(21-5-2)23-16-20(11-14-24-15-12-20)18-10-8-7-9-17(18)3/h7-10H,4-6,11-16H2,1-3H3,(H2,21,22,23). The molecule has 0 spiro atoms. The molecule has 1 aliphatic rings. The molecule has 134 valence electrons. The first-order valence-corrected chi connectivity index (χ1v) is 9.38. The molecule has 4 heteroatoms. The van der Waals surface area contributed by atoms with E-state index in [1.165, 1.54) is 24.0 Å². The van der Waals surface area contributed by atoms with Crippen LogP contribution < -0.4 is 10.6 Å². The molecule has 0 bridgehead atoms. The number of guanidine groups is 1. The number of aliphatic imine (C=N–C) groups is 1. The highest BCUT2D eigenvalue weighted by Crippen LogP contribution is 2.36. The summed E-state index contributed by atoms with van der Waals surface area (Å²) >= 11 is 0. The smallest absolute Gasteiger partial charge is 0.191 e. The topological polar surface area (TPSA) is 45.7 Å². The first kappa shape index (κ1) is 18.8. The van der Waals surface area contributed by atoms with E-state index >= 15 is 0 Å². The van der Waals surface area contributed by atoms with Crippen LogP contribution in [-0.2, 0) is 10.2 Å². The number of aryl methyl sites for hydroxylation is 1. The molecule has 24 heavy (non-hydrogen) atoms. The number of nitrogens with zero attached hydrogens (tertiary/aromatic N) is 1. The van der Waals surface area contributed by atoms with Crippen molar-refractivity contribution in [3.05, 3.63) is 35.4 Å². The molecule has 4 nitrogen and oxygen atoms in total. The Morgan fingerprint density at radius 2 is 1.92 bits per heavy atom. The lowest BCUT2D eigenvalue weighted by Crippen LogP contribution is -2.41. The number of benzene rings is 1. The van der Waals surface area contributed by atoms with E-state index in [4.69, 9.17) is 9.73 Å². The minimum absolute atomic E-state index is 0.0939. The van der Waals surface area contributed by atoms with E-state index in [1.807, 2.05) is 0 Å². The SMILES string of the molecule is CCCCNC(=NCC1(c2ccccc2C)CCOCC1)NCC. The number of nitrogens with one attached hydrogen (secondary N) is 2. The van der Waals surface area contributed by atoms with Gasteiger partial charge in [0.25, 0.3) is 0 Å². The highest BCUT2D eigenvalue weighted by Gasteiger charge is 2.35. The molecule has 0 atom stereocenters. The summed E-state index contributed by atoms with van der Waals surface area (Å²) in [5.41, 5.74) is 2.89. The lowest BCUT2D eigenvalue weighted by atomic mass is 9.72. The van der Waals surface area contributed by atoms with Crippen LogP contribution in [-0.4, -0.2) is 38.8 Å². The van der Waals surface area contributed by atoms with Crippen molar-refractivity contribution < 1.29 is 4.74 Å². The van der Waals surface area contributed by atoms with Gasteiger partial charge in [-0.05, 0) is 44.2 Å². The van der Waals surface area contributed by atoms with Crippen molar-refractivity contribution in [3.8, 4) is 0 Å². The van der Waals surface area contributed by atoms with Gasteiger partial charge in [-0.3, -0.25) is 4.99 Å². The molecule has 0 amide bonds. The highest BCUT2D eigenvalue weighted by molar-refractivity contribution is 5.79. The summed E-state index contributed by atoms with van der Waals surface area (Å²) in [6.45, 7) is 10.8. The van der Waals surface area contributed by atoms with Gasteiger partial charge in [0.1, 0.15) is 0 Å². The molecule has 0 aromatic heterocycles. The van der Waals surface area contributed by atoms with Crippen LogP contribution >= 0.6 is 0 Å². The molecule has 1 heterocycles. The lowest BCUT2D eigenvalue weighted by molar-refractivity contribution is 0.0529. The molecule has 1 aromatic rings. The second-order valence-electron chi connectivity index (χ2n) is 6.68. The van der Waals surface area contributed by atoms with E-state index in [9.17, 15) is 0 Å². The normalized spacial score (nSPS) is 17.5. The summed E-state index contributed by atoms with van der Waals surface area (Å²) in [5.74, 6) is 0.936. The van der Waals surface area contributed by atoms with Gasteiger partial charge in [-0.15, -0.1) is 0 Å². The number of unbranched alkanes of at least 4 members (excludes halogenated alkanes) is 1. The average molecular weight is 332 g/mol. The molecule has 2 rings (SSSR count). The zero-order valence-electron chi connectivity index (χ0n) is 15.5. The third-order valence-electron chi connectivity index (χ3n) is 4.87. The second kappa shape index (κ2) is 9.67. The zero-order chi connectivity index (χ0) is 17.3. The van der Waals surface area contributed by atoms with Crippen LogP contribution in [0.15, 0.2) is 29.3 Å². The van der Waals surface area contributed by atoms with E-state index in [1.54, 1.807) is 0 Å². The summed E-state index contributed by atoms with van der Waals surface area (Å²) in [6, 6.07) is 8.74. The van der Waals surface area contributed by atoms with Crippen molar-refractivity contribution in [1.82, 2.24) is 10.6 Å². The predicted molar refractivity (Wildman–Crippen MR) is 102 cm³/mol. The van der Waals surface area contributed by atoms with E-state index in [0.717, 1.165) is 51.6 Å². The molecule has 2 N–H and O–H groups in total. The van der Waals surface area contributed by atoms with Crippen LogP contribution in [0.4, 0.5) is 0 Å². The monoisotopic (exact) mass is 331 g/mol. The molecule has 1 aliphatic heterocycles. The van der Waals surface area contributed by atoms with Gasteiger partial charge in [0.2, 0.25) is 0 Å². The van der Waals surface area contributed by atoms with Gasteiger partial charge in [0, 0.05) is 31.7 Å². The number of hydrogen-bond donors (Lipinski definition) is 2. The van der Waals surface area contributed by atoms with Crippen LogP contribution in [0.2, 0.25) is 0 Å². The number of hydrogen-bond acceptors (Lipinski definition) is 2. The average Bonchev–Trinajstić information content (AvgIpc) is 2.61. The summed E-state index contributed by atoms with van der Waals surface area (Å²) < 4.78 is 5.64. The van der Waals surface area contributed by atoms with E-state index in [-0.39, 0.29) is 5.41 Å². The fourth-order valence-corrected chi connectivity index (χ4v) is 3.40. The molecule has 0 radical (unpaired) electrons. The molecule has 1 aromatic carbocycles.